The summed E-state index contributed by atoms with van der Waals surface area (Å²) < 4.78 is 70.4. The quantitative estimate of drug-likeness (QED) is 0.0169. The highest BCUT2D eigenvalue weighted by molar-refractivity contribution is 7.47. The zero-order chi connectivity index (χ0) is 69.9. The summed E-state index contributed by atoms with van der Waals surface area (Å²) in [6, 6.07) is 0. The minimum Gasteiger partial charge on any atom is -0.457 e. The number of aliphatic hydroxyl groups is 1. The molecule has 17 nitrogen and oxygen atoms in total. The van der Waals surface area contributed by atoms with Gasteiger partial charge in [0.1, 0.15) is 37.2 Å². The molecule has 0 saturated heterocycles. The normalized spacial score (nSPS) is 14.5. The van der Waals surface area contributed by atoms with E-state index in [1.165, 1.54) is 19.3 Å². The number of phosphoric ester groups is 2. The number of carbonyl (C=O) groups excluding carboxylic acids is 4. The van der Waals surface area contributed by atoms with Gasteiger partial charge in [-0.1, -0.05) is 201 Å². The van der Waals surface area contributed by atoms with Crippen LogP contribution in [0.5, 0.6) is 0 Å². The third-order valence-electron chi connectivity index (χ3n) is 15.8. The van der Waals surface area contributed by atoms with Gasteiger partial charge in [-0.05, 0) is 161 Å². The van der Waals surface area contributed by atoms with E-state index in [1.807, 2.05) is 6.08 Å². The van der Waals surface area contributed by atoms with Gasteiger partial charge in [0.2, 0.25) is 0 Å². The van der Waals surface area contributed by atoms with Crippen molar-refractivity contribution in [3.8, 4) is 0 Å². The SMILES string of the molecule is CCCCC/C=C\C/C=C\C/C=C\C/C=C\CCCC(=O)O[C@H](COCCCCCCC/C=C\CCCCCCC=O)COP(=O)(O)OC[C@@H](O)COP(=O)(O)OC[C@@H](COCCCCCCC/C=C\CCCCCCC=O)OCCCCCCC/C=C\CCCCCCC=O. The van der Waals surface area contributed by atoms with Gasteiger partial charge in [0.25, 0.3) is 0 Å². The summed E-state index contributed by atoms with van der Waals surface area (Å²) in [6.45, 7) is 1.17. The van der Waals surface area contributed by atoms with Crippen molar-refractivity contribution < 1.29 is 80.2 Å². The van der Waals surface area contributed by atoms with E-state index in [9.17, 15) is 43.2 Å². The second-order valence-electron chi connectivity index (χ2n) is 25.1. The molecule has 0 aliphatic rings. The van der Waals surface area contributed by atoms with Crippen LogP contribution in [0.2, 0.25) is 0 Å². The first-order valence-corrected chi connectivity index (χ1v) is 40.7. The summed E-state index contributed by atoms with van der Waals surface area (Å²) in [5.41, 5.74) is 0. The lowest BCUT2D eigenvalue weighted by Gasteiger charge is -2.21. The molecule has 0 rings (SSSR count). The largest absolute Gasteiger partial charge is 0.472 e. The summed E-state index contributed by atoms with van der Waals surface area (Å²) in [4.78, 5) is 65.6. The third kappa shape index (κ3) is 73.4. The standard InChI is InChI=1S/C77H136O17P2/c1-2-3-4-5-6-7-8-9-10-11-12-19-26-33-40-47-54-61-77(82)94-76(71-88-66-59-52-45-38-31-24-17-14-21-28-35-42-49-56-63-79)73-93-96(85,86)91-69-74(81)68-90-95(83,84)92-72-75(89-67-60-53-46-39-32-25-18-15-22-29-36-43-50-57-64-80)70-87-65-58-51-44-37-30-23-16-13-20-27-34-41-48-55-62-78/h6-7,9-10,12-19,33,40,62-64,74-76,81H,2-5,8,11,20-32,34-39,41-61,65-73H2,1H3,(H,83,84)(H,85,86)/b7-6-,10-9-,16-13-,17-14-,18-15-,19-12-,40-33-/t74-,75+,76+/m0/s1. The zero-order valence-electron chi connectivity index (χ0n) is 59.9. The third-order valence-corrected chi connectivity index (χ3v) is 17.7. The monoisotopic (exact) mass is 1390 g/mol. The molecule has 0 amide bonds. The Hall–Kier alpha value is -3.28. The van der Waals surface area contributed by atoms with Gasteiger partial charge in [-0.3, -0.25) is 22.9 Å². The van der Waals surface area contributed by atoms with Gasteiger partial charge in [-0.2, -0.15) is 0 Å². The smallest absolute Gasteiger partial charge is 0.457 e. The molecule has 0 heterocycles. The van der Waals surface area contributed by atoms with Gasteiger partial charge in [0.15, 0.2) is 0 Å². The Labute approximate surface area is 583 Å². The van der Waals surface area contributed by atoms with Crippen molar-refractivity contribution in [3.05, 3.63) is 85.1 Å². The van der Waals surface area contributed by atoms with Crippen LogP contribution in [0.3, 0.4) is 0 Å². The molecule has 0 radical (unpaired) electrons. The van der Waals surface area contributed by atoms with Crippen LogP contribution >= 0.6 is 15.6 Å². The molecule has 0 saturated carbocycles. The topological polar surface area (TPSA) is 237 Å². The average molecular weight is 1400 g/mol. The molecule has 0 bridgehead atoms. The van der Waals surface area contributed by atoms with Crippen molar-refractivity contribution in [2.24, 2.45) is 0 Å². The molecule has 3 N–H and O–H groups in total. The fourth-order valence-electron chi connectivity index (χ4n) is 10.1. The van der Waals surface area contributed by atoms with E-state index >= 15 is 0 Å². The maximum atomic E-state index is 13.1. The Kier molecular flexibility index (Phi) is 71.9. The predicted octanol–water partition coefficient (Wildman–Crippen LogP) is 20.4. The minimum atomic E-state index is -4.84. The van der Waals surface area contributed by atoms with E-state index in [-0.39, 0.29) is 26.2 Å². The molecule has 0 aliphatic carbocycles. The lowest BCUT2D eigenvalue weighted by molar-refractivity contribution is -0.154. The number of carbonyl (C=O) groups is 4. The number of ether oxygens (including phenoxy) is 4. The maximum Gasteiger partial charge on any atom is 0.472 e. The summed E-state index contributed by atoms with van der Waals surface area (Å²) in [6.07, 6.45) is 76.1. The Morgan fingerprint density at radius 3 is 0.990 bits per heavy atom. The van der Waals surface area contributed by atoms with E-state index < -0.39 is 59.7 Å². The van der Waals surface area contributed by atoms with Gasteiger partial charge < -0.3 is 48.2 Å². The molecule has 556 valence electrons. The van der Waals surface area contributed by atoms with Crippen LogP contribution in [0.25, 0.3) is 0 Å². The minimum absolute atomic E-state index is 0.0793. The molecule has 0 aromatic heterocycles. The number of aliphatic hydroxyl groups excluding tert-OH is 1. The Bertz CT molecular complexity index is 2060. The van der Waals surface area contributed by atoms with Gasteiger partial charge in [-0.25, -0.2) is 9.13 Å². The molecule has 0 aromatic carbocycles. The highest BCUT2D eigenvalue weighted by Gasteiger charge is 2.29. The first kappa shape index (κ1) is 92.7. The molecule has 0 spiro atoms. The number of unbranched alkanes of at least 4 members (excludes halogenated alkanes) is 34. The lowest BCUT2D eigenvalue weighted by Crippen LogP contribution is -2.29. The van der Waals surface area contributed by atoms with E-state index in [2.05, 4.69) is 85.9 Å². The molecule has 96 heavy (non-hydrogen) atoms. The van der Waals surface area contributed by atoms with E-state index in [0.717, 1.165) is 256 Å². The summed E-state index contributed by atoms with van der Waals surface area (Å²) in [5.74, 6) is -0.509. The molecule has 0 aliphatic heterocycles. The van der Waals surface area contributed by atoms with Crippen LogP contribution in [0, 0.1) is 0 Å². The molecule has 0 fully saturated rings. The summed E-state index contributed by atoms with van der Waals surface area (Å²) in [7, 11) is -9.59. The lowest BCUT2D eigenvalue weighted by atomic mass is 10.1. The van der Waals surface area contributed by atoms with Crippen molar-refractivity contribution in [2.75, 3.05) is 59.5 Å². The van der Waals surface area contributed by atoms with E-state index in [4.69, 9.17) is 37.0 Å². The highest BCUT2D eigenvalue weighted by Crippen LogP contribution is 2.45. The Morgan fingerprint density at radius 2 is 0.615 bits per heavy atom. The maximum absolute atomic E-state index is 13.1. The van der Waals surface area contributed by atoms with E-state index in [0.29, 0.717) is 51.9 Å². The van der Waals surface area contributed by atoms with Crippen LogP contribution in [0.4, 0.5) is 0 Å². The van der Waals surface area contributed by atoms with Gasteiger partial charge in [0, 0.05) is 45.5 Å². The Morgan fingerprint density at radius 1 is 0.333 bits per heavy atom. The number of allylic oxidation sites excluding steroid dienone is 14. The number of aldehydes is 3. The first-order chi connectivity index (χ1) is 47.0. The highest BCUT2D eigenvalue weighted by atomic mass is 31.2. The molecule has 0 aromatic rings. The zero-order valence-corrected chi connectivity index (χ0v) is 61.7. The molecule has 5 atom stereocenters. The average Bonchev–Trinajstić information content (AvgIpc) is 3.08. The Balaban J connectivity index is 5.19. The predicted molar refractivity (Wildman–Crippen MR) is 391 cm³/mol. The van der Waals surface area contributed by atoms with Gasteiger partial charge in [-0.15, -0.1) is 0 Å². The second kappa shape index (κ2) is 74.4. The molecular weight excluding hydrogens is 1260 g/mol. The second-order valence-corrected chi connectivity index (χ2v) is 28.0. The molecule has 19 heteroatoms. The first-order valence-electron chi connectivity index (χ1n) is 37.7. The number of phosphoric acid groups is 2. The van der Waals surface area contributed by atoms with Crippen LogP contribution in [-0.2, 0) is 65.4 Å². The fourth-order valence-corrected chi connectivity index (χ4v) is 11.7. The number of esters is 1. The van der Waals surface area contributed by atoms with Crippen molar-refractivity contribution in [1.29, 1.82) is 0 Å². The van der Waals surface area contributed by atoms with E-state index in [1.54, 1.807) is 0 Å². The van der Waals surface area contributed by atoms with Gasteiger partial charge >= 0.3 is 21.6 Å². The fraction of sp³-hybridized carbons (Fsp3) is 0.766. The molecule has 2 unspecified atom stereocenters. The number of hydrogen-bond acceptors (Lipinski definition) is 15. The van der Waals surface area contributed by atoms with Crippen LogP contribution < -0.4 is 0 Å². The van der Waals surface area contributed by atoms with Crippen LogP contribution in [0.15, 0.2) is 85.1 Å². The van der Waals surface area contributed by atoms with Crippen LogP contribution in [-0.4, -0.2) is 117 Å². The summed E-state index contributed by atoms with van der Waals surface area (Å²) >= 11 is 0. The van der Waals surface area contributed by atoms with Crippen molar-refractivity contribution in [1.82, 2.24) is 0 Å². The molecular formula is C77H136O17P2. The number of rotatable bonds is 77. The van der Waals surface area contributed by atoms with Crippen LogP contribution in [0.1, 0.15) is 302 Å². The summed E-state index contributed by atoms with van der Waals surface area (Å²) in [5, 5.41) is 10.6. The van der Waals surface area contributed by atoms with Crippen molar-refractivity contribution in [3.63, 3.8) is 0 Å². The number of hydrogen-bond donors (Lipinski definition) is 3. The van der Waals surface area contributed by atoms with Crippen molar-refractivity contribution in [2.45, 2.75) is 321 Å². The van der Waals surface area contributed by atoms with Gasteiger partial charge in [0.05, 0.1) is 39.6 Å². The van der Waals surface area contributed by atoms with Crippen molar-refractivity contribution >= 4 is 40.5 Å².